The molecule has 0 spiro atoms. The van der Waals surface area contributed by atoms with Crippen LogP contribution in [0.5, 0.6) is 0 Å². The predicted octanol–water partition coefficient (Wildman–Crippen LogP) is 4.23. The molecule has 2 aliphatic rings. The number of amidine groups is 1. The maximum Gasteiger partial charge on any atom is 0.164 e. The standard InChI is InChI=1S/C20H21ClN2O2S2/c1-13-3-8-17(9-14(13)2)23(10-15-4-6-16(21)7-5-15)20-22-18-11-27(24,25)12-19(18)26-20/h3-9,18-19H,10-12H2,1-2H3/t18-,19-/m0/s1. The van der Waals surface area contributed by atoms with Crippen molar-refractivity contribution in [3.8, 4) is 0 Å². The molecule has 2 aromatic rings. The molecule has 142 valence electrons. The summed E-state index contributed by atoms with van der Waals surface area (Å²) in [5.74, 6) is 0.382. The summed E-state index contributed by atoms with van der Waals surface area (Å²) >= 11 is 7.61. The quantitative estimate of drug-likeness (QED) is 0.745. The lowest BCUT2D eigenvalue weighted by Gasteiger charge is -2.25. The minimum Gasteiger partial charge on any atom is -0.317 e. The van der Waals surface area contributed by atoms with Crippen LogP contribution in [0, 0.1) is 13.8 Å². The number of hydrogen-bond acceptors (Lipinski definition) is 5. The Kier molecular flexibility index (Phi) is 4.99. The van der Waals surface area contributed by atoms with Crippen molar-refractivity contribution in [3.63, 3.8) is 0 Å². The number of sulfone groups is 1. The van der Waals surface area contributed by atoms with Crippen LogP contribution < -0.4 is 4.90 Å². The van der Waals surface area contributed by atoms with Crippen LogP contribution in [0.15, 0.2) is 47.5 Å². The van der Waals surface area contributed by atoms with Crippen LogP contribution >= 0.6 is 23.4 Å². The molecule has 2 aromatic carbocycles. The predicted molar refractivity (Wildman–Crippen MR) is 115 cm³/mol. The van der Waals surface area contributed by atoms with E-state index in [1.165, 1.54) is 11.1 Å². The molecule has 7 heteroatoms. The Bertz CT molecular complexity index is 1000. The van der Waals surface area contributed by atoms with Crippen molar-refractivity contribution < 1.29 is 8.42 Å². The third-order valence-electron chi connectivity index (χ3n) is 5.09. The van der Waals surface area contributed by atoms with Crippen LogP contribution in [0.25, 0.3) is 0 Å². The maximum absolute atomic E-state index is 11.9. The van der Waals surface area contributed by atoms with E-state index in [0.29, 0.717) is 11.6 Å². The number of hydrogen-bond donors (Lipinski definition) is 0. The molecule has 0 amide bonds. The van der Waals surface area contributed by atoms with Crippen molar-refractivity contribution in [2.75, 3.05) is 16.4 Å². The Labute approximate surface area is 169 Å². The number of aryl methyl sites for hydroxylation is 2. The van der Waals surface area contributed by atoms with Gasteiger partial charge in [0.2, 0.25) is 0 Å². The van der Waals surface area contributed by atoms with Crippen molar-refractivity contribution in [2.45, 2.75) is 31.7 Å². The van der Waals surface area contributed by atoms with Crippen LogP contribution in [-0.2, 0) is 16.4 Å². The highest BCUT2D eigenvalue weighted by molar-refractivity contribution is 8.15. The van der Waals surface area contributed by atoms with Crippen molar-refractivity contribution in [3.05, 3.63) is 64.2 Å². The molecule has 0 unspecified atom stereocenters. The van der Waals surface area contributed by atoms with Gasteiger partial charge >= 0.3 is 0 Å². The fourth-order valence-corrected chi connectivity index (χ4v) is 7.31. The first kappa shape index (κ1) is 18.8. The molecular formula is C20H21ClN2O2S2. The van der Waals surface area contributed by atoms with Crippen LogP contribution in [0.2, 0.25) is 5.02 Å². The summed E-state index contributed by atoms with van der Waals surface area (Å²) in [6.07, 6.45) is 0. The van der Waals surface area contributed by atoms with Crippen LogP contribution in [-0.4, -0.2) is 36.4 Å². The molecule has 27 heavy (non-hydrogen) atoms. The van der Waals surface area contributed by atoms with Crippen molar-refractivity contribution in [2.24, 2.45) is 4.99 Å². The highest BCUT2D eigenvalue weighted by Gasteiger charge is 2.44. The summed E-state index contributed by atoms with van der Waals surface area (Å²) in [5, 5.41) is 1.64. The second kappa shape index (κ2) is 7.15. The lowest BCUT2D eigenvalue weighted by atomic mass is 10.1. The van der Waals surface area contributed by atoms with Gasteiger partial charge in [-0.3, -0.25) is 4.99 Å². The second-order valence-corrected chi connectivity index (χ2v) is 11.0. The largest absolute Gasteiger partial charge is 0.317 e. The van der Waals surface area contributed by atoms with E-state index in [1.807, 2.05) is 24.3 Å². The first-order valence-corrected chi connectivity index (χ1v) is 11.9. The van der Waals surface area contributed by atoms with Gasteiger partial charge in [-0.05, 0) is 54.8 Å². The number of benzene rings is 2. The van der Waals surface area contributed by atoms with Gasteiger partial charge in [0.05, 0.1) is 24.1 Å². The third-order valence-corrected chi connectivity index (χ3v) is 8.59. The van der Waals surface area contributed by atoms with E-state index >= 15 is 0 Å². The van der Waals surface area contributed by atoms with E-state index < -0.39 is 9.84 Å². The summed E-state index contributed by atoms with van der Waals surface area (Å²) in [5.41, 5.74) is 4.67. The van der Waals surface area contributed by atoms with Gasteiger partial charge in [0.15, 0.2) is 15.0 Å². The molecule has 0 bridgehead atoms. The number of rotatable bonds is 3. The summed E-state index contributed by atoms with van der Waals surface area (Å²) in [6.45, 7) is 4.86. The Balaban J connectivity index is 1.68. The Morgan fingerprint density at radius 1 is 1.11 bits per heavy atom. The Hall–Kier alpha value is -1.50. The van der Waals surface area contributed by atoms with E-state index in [9.17, 15) is 8.42 Å². The number of nitrogens with zero attached hydrogens (tertiary/aromatic N) is 2. The zero-order chi connectivity index (χ0) is 19.2. The van der Waals surface area contributed by atoms with Crippen LogP contribution in [0.1, 0.15) is 16.7 Å². The van der Waals surface area contributed by atoms with Crippen molar-refractivity contribution >= 4 is 44.1 Å². The number of thioether (sulfide) groups is 1. The van der Waals surface area contributed by atoms with Crippen LogP contribution in [0.4, 0.5) is 5.69 Å². The minimum atomic E-state index is -2.96. The first-order chi connectivity index (χ1) is 12.8. The molecule has 0 aromatic heterocycles. The maximum atomic E-state index is 11.9. The smallest absolute Gasteiger partial charge is 0.164 e. The van der Waals surface area contributed by atoms with Gasteiger partial charge in [-0.15, -0.1) is 0 Å². The van der Waals surface area contributed by atoms with Crippen LogP contribution in [0.3, 0.4) is 0 Å². The number of halogens is 1. The lowest BCUT2D eigenvalue weighted by molar-refractivity contribution is 0.601. The second-order valence-electron chi connectivity index (χ2n) is 7.19. The molecule has 0 radical (unpaired) electrons. The monoisotopic (exact) mass is 420 g/mol. The van der Waals surface area contributed by atoms with Gasteiger partial charge < -0.3 is 4.90 Å². The molecule has 0 saturated carbocycles. The SMILES string of the molecule is Cc1ccc(N(Cc2ccc(Cl)cc2)C2=N[C@H]3CS(=O)(=O)C[C@@H]3S2)cc1C. The highest BCUT2D eigenvalue weighted by atomic mass is 35.5. The van der Waals surface area contributed by atoms with E-state index in [4.69, 9.17) is 16.6 Å². The van der Waals surface area contributed by atoms with E-state index in [0.717, 1.165) is 16.4 Å². The lowest BCUT2D eigenvalue weighted by Crippen LogP contribution is -2.28. The molecule has 0 N–H and O–H groups in total. The van der Waals surface area contributed by atoms with Crippen molar-refractivity contribution in [1.82, 2.24) is 0 Å². The van der Waals surface area contributed by atoms with Gasteiger partial charge in [0.25, 0.3) is 0 Å². The molecule has 0 aliphatic carbocycles. The minimum absolute atomic E-state index is 0.0317. The number of anilines is 1. The first-order valence-electron chi connectivity index (χ1n) is 8.85. The van der Waals surface area contributed by atoms with Gasteiger partial charge in [-0.1, -0.05) is 41.6 Å². The van der Waals surface area contributed by atoms with Gasteiger partial charge in [-0.25, -0.2) is 8.42 Å². The van der Waals surface area contributed by atoms with E-state index in [1.54, 1.807) is 11.8 Å². The van der Waals surface area contributed by atoms with Gasteiger partial charge in [0, 0.05) is 16.0 Å². The highest BCUT2D eigenvalue weighted by Crippen LogP contribution is 2.37. The molecule has 2 heterocycles. The topological polar surface area (TPSA) is 49.7 Å². The summed E-state index contributed by atoms with van der Waals surface area (Å²) < 4.78 is 23.8. The summed E-state index contributed by atoms with van der Waals surface area (Å²) in [6, 6.07) is 14.1. The summed E-state index contributed by atoms with van der Waals surface area (Å²) in [7, 11) is -2.96. The molecule has 2 atom stereocenters. The number of aliphatic imine (C=N–C) groups is 1. The van der Waals surface area contributed by atoms with Crippen molar-refractivity contribution in [1.29, 1.82) is 0 Å². The summed E-state index contributed by atoms with van der Waals surface area (Å²) in [4.78, 5) is 6.97. The molecular weight excluding hydrogens is 400 g/mol. The normalized spacial score (nSPS) is 23.1. The zero-order valence-corrected chi connectivity index (χ0v) is 17.6. The fraction of sp³-hybridized carbons (Fsp3) is 0.350. The average Bonchev–Trinajstić information content (AvgIpc) is 3.10. The van der Waals surface area contributed by atoms with E-state index in [-0.39, 0.29) is 22.8 Å². The zero-order valence-electron chi connectivity index (χ0n) is 15.2. The van der Waals surface area contributed by atoms with Gasteiger partial charge in [-0.2, -0.15) is 0 Å². The third kappa shape index (κ3) is 4.03. The molecule has 1 fully saturated rings. The molecule has 4 nitrogen and oxygen atoms in total. The molecule has 4 rings (SSSR count). The average molecular weight is 421 g/mol. The number of fused-ring (bicyclic) bond motifs is 1. The van der Waals surface area contributed by atoms with E-state index in [2.05, 4.69) is 36.9 Å². The molecule has 1 saturated heterocycles. The molecule has 2 aliphatic heterocycles. The van der Waals surface area contributed by atoms with Gasteiger partial charge in [0.1, 0.15) is 0 Å². The fourth-order valence-electron chi connectivity index (χ4n) is 3.41. The Morgan fingerprint density at radius 2 is 1.85 bits per heavy atom. The Morgan fingerprint density at radius 3 is 2.52 bits per heavy atom.